The SMILES string of the molecule is CCN1CCCCC1CC1(COC)CCCN1. The van der Waals surface area contributed by atoms with E-state index in [0.717, 1.165) is 12.6 Å². The summed E-state index contributed by atoms with van der Waals surface area (Å²) in [5, 5.41) is 3.71. The van der Waals surface area contributed by atoms with Gasteiger partial charge in [0.05, 0.1) is 6.61 Å². The number of nitrogens with zero attached hydrogens (tertiary/aromatic N) is 1. The second-order valence-corrected chi connectivity index (χ2v) is 5.73. The number of nitrogens with one attached hydrogen (secondary N) is 1. The quantitative estimate of drug-likeness (QED) is 0.795. The summed E-state index contributed by atoms with van der Waals surface area (Å²) < 4.78 is 5.46. The normalized spacial score (nSPS) is 35.3. The summed E-state index contributed by atoms with van der Waals surface area (Å²) in [5.74, 6) is 0. The molecule has 2 unspecified atom stereocenters. The van der Waals surface area contributed by atoms with E-state index < -0.39 is 0 Å². The zero-order chi connectivity index (χ0) is 12.1. The summed E-state index contributed by atoms with van der Waals surface area (Å²) >= 11 is 0. The summed E-state index contributed by atoms with van der Waals surface area (Å²) in [6.07, 6.45) is 8.03. The van der Waals surface area contributed by atoms with Gasteiger partial charge in [0.2, 0.25) is 0 Å². The van der Waals surface area contributed by atoms with Crippen LogP contribution >= 0.6 is 0 Å². The van der Waals surface area contributed by atoms with Gasteiger partial charge in [-0.2, -0.15) is 0 Å². The average molecular weight is 240 g/mol. The highest BCUT2D eigenvalue weighted by Gasteiger charge is 2.37. The third-order valence-electron chi connectivity index (χ3n) is 4.53. The Hall–Kier alpha value is -0.120. The van der Waals surface area contributed by atoms with Crippen molar-refractivity contribution < 1.29 is 4.74 Å². The maximum atomic E-state index is 5.46. The standard InChI is InChI=1S/C14H28N2O/c1-3-16-10-5-4-7-13(16)11-14(12-17-2)8-6-9-15-14/h13,15H,3-12H2,1-2H3. The van der Waals surface area contributed by atoms with Gasteiger partial charge in [-0.3, -0.25) is 0 Å². The van der Waals surface area contributed by atoms with Gasteiger partial charge >= 0.3 is 0 Å². The summed E-state index contributed by atoms with van der Waals surface area (Å²) in [5.41, 5.74) is 0.268. The van der Waals surface area contributed by atoms with Crippen molar-refractivity contribution in [3.63, 3.8) is 0 Å². The third-order valence-corrected chi connectivity index (χ3v) is 4.53. The molecule has 2 atom stereocenters. The van der Waals surface area contributed by atoms with Gasteiger partial charge in [-0.15, -0.1) is 0 Å². The second-order valence-electron chi connectivity index (χ2n) is 5.73. The van der Waals surface area contributed by atoms with E-state index in [9.17, 15) is 0 Å². The molecule has 3 nitrogen and oxygen atoms in total. The van der Waals surface area contributed by atoms with Crippen LogP contribution < -0.4 is 5.32 Å². The van der Waals surface area contributed by atoms with Crippen molar-refractivity contribution in [2.24, 2.45) is 0 Å². The van der Waals surface area contributed by atoms with Crippen molar-refractivity contribution in [3.8, 4) is 0 Å². The number of methoxy groups -OCH3 is 1. The number of rotatable bonds is 5. The van der Waals surface area contributed by atoms with Gasteiger partial charge < -0.3 is 15.0 Å². The van der Waals surface area contributed by atoms with Crippen LogP contribution in [0.5, 0.6) is 0 Å². The summed E-state index contributed by atoms with van der Waals surface area (Å²) in [7, 11) is 1.83. The predicted molar refractivity (Wildman–Crippen MR) is 71.3 cm³/mol. The number of hydrogen-bond donors (Lipinski definition) is 1. The van der Waals surface area contributed by atoms with Crippen molar-refractivity contribution in [3.05, 3.63) is 0 Å². The van der Waals surface area contributed by atoms with Crippen molar-refractivity contribution in [1.29, 1.82) is 0 Å². The molecule has 0 aromatic carbocycles. The molecule has 0 amide bonds. The minimum absolute atomic E-state index is 0.268. The number of likely N-dealkylation sites (tertiary alicyclic amines) is 1. The first kappa shape index (κ1) is 13.3. The number of piperidine rings is 1. The van der Waals surface area contributed by atoms with Crippen LogP contribution in [0.25, 0.3) is 0 Å². The summed E-state index contributed by atoms with van der Waals surface area (Å²) in [4.78, 5) is 2.67. The Kier molecular flexibility index (Phi) is 4.83. The molecule has 0 bridgehead atoms. The van der Waals surface area contributed by atoms with Crippen LogP contribution in [0.1, 0.15) is 45.4 Å². The third kappa shape index (κ3) is 3.21. The lowest BCUT2D eigenvalue weighted by Gasteiger charge is -2.40. The maximum absolute atomic E-state index is 5.46. The van der Waals surface area contributed by atoms with Crippen molar-refractivity contribution in [2.45, 2.75) is 57.0 Å². The fourth-order valence-electron chi connectivity index (χ4n) is 3.66. The Morgan fingerprint density at radius 1 is 1.35 bits per heavy atom. The number of hydrogen-bond acceptors (Lipinski definition) is 3. The fourth-order valence-corrected chi connectivity index (χ4v) is 3.66. The molecule has 0 saturated carbocycles. The highest BCUT2D eigenvalue weighted by Crippen LogP contribution is 2.30. The first-order valence-electron chi connectivity index (χ1n) is 7.28. The Labute approximate surface area is 106 Å². The zero-order valence-corrected chi connectivity index (χ0v) is 11.5. The van der Waals surface area contributed by atoms with Gasteiger partial charge in [0.15, 0.2) is 0 Å². The molecule has 0 aromatic rings. The van der Waals surface area contributed by atoms with Crippen LogP contribution in [-0.2, 0) is 4.74 Å². The van der Waals surface area contributed by atoms with Crippen molar-refractivity contribution in [2.75, 3.05) is 33.4 Å². The Balaban J connectivity index is 1.96. The van der Waals surface area contributed by atoms with Crippen molar-refractivity contribution in [1.82, 2.24) is 10.2 Å². The van der Waals surface area contributed by atoms with E-state index in [4.69, 9.17) is 4.74 Å². The smallest absolute Gasteiger partial charge is 0.0645 e. The molecule has 2 fully saturated rings. The van der Waals surface area contributed by atoms with Gasteiger partial charge in [0.1, 0.15) is 0 Å². The Bertz CT molecular complexity index is 226. The van der Waals surface area contributed by atoms with E-state index in [1.54, 1.807) is 0 Å². The molecule has 1 N–H and O–H groups in total. The van der Waals surface area contributed by atoms with E-state index >= 15 is 0 Å². The molecule has 2 heterocycles. The molecule has 2 aliphatic heterocycles. The number of ether oxygens (including phenoxy) is 1. The zero-order valence-electron chi connectivity index (χ0n) is 11.5. The Morgan fingerprint density at radius 3 is 2.88 bits per heavy atom. The topological polar surface area (TPSA) is 24.5 Å². The van der Waals surface area contributed by atoms with Gasteiger partial charge in [-0.05, 0) is 51.7 Å². The minimum atomic E-state index is 0.268. The second kappa shape index (κ2) is 6.17. The Morgan fingerprint density at radius 2 is 2.24 bits per heavy atom. The lowest BCUT2D eigenvalue weighted by molar-refractivity contribution is 0.0690. The lowest BCUT2D eigenvalue weighted by Crippen LogP contribution is -2.51. The van der Waals surface area contributed by atoms with Crippen LogP contribution in [0.4, 0.5) is 0 Å². The molecule has 0 radical (unpaired) electrons. The average Bonchev–Trinajstić information content (AvgIpc) is 2.79. The predicted octanol–water partition coefficient (Wildman–Crippen LogP) is 2.02. The summed E-state index contributed by atoms with van der Waals surface area (Å²) in [6, 6.07) is 0.773. The van der Waals surface area contributed by atoms with Gasteiger partial charge in [-0.1, -0.05) is 13.3 Å². The molecular weight excluding hydrogens is 212 g/mol. The van der Waals surface area contributed by atoms with Crippen molar-refractivity contribution >= 4 is 0 Å². The maximum Gasteiger partial charge on any atom is 0.0645 e. The van der Waals surface area contributed by atoms with E-state index in [2.05, 4.69) is 17.1 Å². The molecular formula is C14H28N2O. The molecule has 0 aromatic heterocycles. The highest BCUT2D eigenvalue weighted by molar-refractivity contribution is 4.97. The van der Waals surface area contributed by atoms with E-state index in [-0.39, 0.29) is 5.54 Å². The highest BCUT2D eigenvalue weighted by atomic mass is 16.5. The first-order valence-corrected chi connectivity index (χ1v) is 7.28. The van der Waals surface area contributed by atoms with Gasteiger partial charge in [0, 0.05) is 18.7 Å². The van der Waals surface area contributed by atoms with E-state index in [1.165, 1.54) is 58.2 Å². The van der Waals surface area contributed by atoms with Crippen LogP contribution in [-0.4, -0.2) is 49.8 Å². The van der Waals surface area contributed by atoms with Gasteiger partial charge in [0.25, 0.3) is 0 Å². The molecule has 0 spiro atoms. The molecule has 2 saturated heterocycles. The molecule has 3 heteroatoms. The molecule has 17 heavy (non-hydrogen) atoms. The van der Waals surface area contributed by atoms with Crippen LogP contribution in [0.3, 0.4) is 0 Å². The lowest BCUT2D eigenvalue weighted by atomic mass is 9.86. The molecule has 100 valence electrons. The first-order chi connectivity index (χ1) is 8.29. The monoisotopic (exact) mass is 240 g/mol. The molecule has 0 aliphatic carbocycles. The largest absolute Gasteiger partial charge is 0.383 e. The van der Waals surface area contributed by atoms with Gasteiger partial charge in [-0.25, -0.2) is 0 Å². The van der Waals surface area contributed by atoms with Crippen LogP contribution in [0.2, 0.25) is 0 Å². The summed E-state index contributed by atoms with van der Waals surface area (Å²) in [6.45, 7) is 6.84. The minimum Gasteiger partial charge on any atom is -0.383 e. The van der Waals surface area contributed by atoms with E-state index in [1.807, 2.05) is 7.11 Å². The molecule has 2 aliphatic rings. The van der Waals surface area contributed by atoms with E-state index in [0.29, 0.717) is 0 Å². The fraction of sp³-hybridized carbons (Fsp3) is 1.00. The molecule has 2 rings (SSSR count). The van der Waals surface area contributed by atoms with Crippen LogP contribution in [0, 0.1) is 0 Å². The van der Waals surface area contributed by atoms with Crippen LogP contribution in [0.15, 0.2) is 0 Å².